The Kier molecular flexibility index (Phi) is 7.30. The third kappa shape index (κ3) is 5.27. The molecule has 6 nitrogen and oxygen atoms in total. The minimum absolute atomic E-state index is 0.127. The van der Waals surface area contributed by atoms with Gasteiger partial charge >= 0.3 is 0 Å². The number of hydrogen-bond donors (Lipinski definition) is 1. The van der Waals surface area contributed by atoms with E-state index in [1.165, 1.54) is 11.8 Å². The van der Waals surface area contributed by atoms with E-state index in [1.807, 2.05) is 48.5 Å². The zero-order valence-corrected chi connectivity index (χ0v) is 21.4. The fourth-order valence-corrected chi connectivity index (χ4v) is 5.64. The molecule has 1 heterocycles. The van der Waals surface area contributed by atoms with Crippen LogP contribution in [-0.2, 0) is 5.75 Å². The summed E-state index contributed by atoms with van der Waals surface area (Å²) < 4.78 is 6.88. The van der Waals surface area contributed by atoms with Gasteiger partial charge in [-0.2, -0.15) is 0 Å². The van der Waals surface area contributed by atoms with E-state index in [-0.39, 0.29) is 17.5 Å². The number of methoxy groups -OCH3 is 1. The number of thioether (sulfide) groups is 1. The molecular weight excluding hydrogens is 494 g/mol. The molecule has 1 aromatic heterocycles. The molecule has 3 aromatic carbocycles. The maximum Gasteiger partial charge on any atom is 0.266 e. The number of fused-ring (bicyclic) bond motifs is 1. The molecule has 4 aromatic rings. The average Bonchev–Trinajstić information content (AvgIpc) is 3.40. The van der Waals surface area contributed by atoms with Gasteiger partial charge < -0.3 is 10.1 Å². The number of nitrogens with one attached hydrogen (secondary N) is 1. The molecule has 0 aliphatic heterocycles. The highest BCUT2D eigenvalue weighted by atomic mass is 35.5. The van der Waals surface area contributed by atoms with E-state index in [2.05, 4.69) is 5.32 Å². The van der Waals surface area contributed by atoms with Crippen molar-refractivity contribution in [3.8, 4) is 11.4 Å². The SMILES string of the molecule is COc1ccc(-n2c(SCc3cccc(Cl)c3)nc3cc(C(=O)NC4CCCC4)ccc3c2=O)cc1. The molecule has 1 aliphatic rings. The van der Waals surface area contributed by atoms with Gasteiger partial charge in [-0.05, 0) is 73.0 Å². The predicted octanol–water partition coefficient (Wildman–Crippen LogP) is 6.01. The summed E-state index contributed by atoms with van der Waals surface area (Å²) in [7, 11) is 1.60. The molecule has 0 atom stereocenters. The number of ether oxygens (including phenoxy) is 1. The first-order valence-corrected chi connectivity index (χ1v) is 13.3. The summed E-state index contributed by atoms with van der Waals surface area (Å²) >= 11 is 7.61. The summed E-state index contributed by atoms with van der Waals surface area (Å²) in [5.41, 5.74) is 2.52. The van der Waals surface area contributed by atoms with Crippen molar-refractivity contribution in [3.05, 3.63) is 93.2 Å². The lowest BCUT2D eigenvalue weighted by molar-refractivity contribution is 0.0938. The maximum absolute atomic E-state index is 13.7. The van der Waals surface area contributed by atoms with Crippen molar-refractivity contribution in [2.24, 2.45) is 0 Å². The number of aromatic nitrogens is 2. The molecule has 1 N–H and O–H groups in total. The second-order valence-corrected chi connectivity index (χ2v) is 10.2. The topological polar surface area (TPSA) is 73.2 Å². The van der Waals surface area contributed by atoms with Gasteiger partial charge in [0, 0.05) is 22.4 Å². The van der Waals surface area contributed by atoms with E-state index in [0.29, 0.717) is 43.8 Å². The van der Waals surface area contributed by atoms with Crippen molar-refractivity contribution in [1.29, 1.82) is 0 Å². The van der Waals surface area contributed by atoms with Crippen molar-refractivity contribution in [1.82, 2.24) is 14.9 Å². The van der Waals surface area contributed by atoms with Crippen LogP contribution in [0.15, 0.2) is 76.7 Å². The lowest BCUT2D eigenvalue weighted by Crippen LogP contribution is -2.32. The first-order valence-electron chi connectivity index (χ1n) is 11.9. The molecule has 0 spiro atoms. The smallest absolute Gasteiger partial charge is 0.266 e. The van der Waals surface area contributed by atoms with Crippen LogP contribution in [0.3, 0.4) is 0 Å². The number of benzene rings is 3. The summed E-state index contributed by atoms with van der Waals surface area (Å²) in [5, 5.41) is 4.75. The first kappa shape index (κ1) is 24.4. The lowest BCUT2D eigenvalue weighted by atomic mass is 10.1. The molecule has 0 saturated heterocycles. The van der Waals surface area contributed by atoms with E-state index >= 15 is 0 Å². The zero-order valence-electron chi connectivity index (χ0n) is 19.9. The van der Waals surface area contributed by atoms with Gasteiger partial charge in [0.25, 0.3) is 11.5 Å². The van der Waals surface area contributed by atoms with Crippen LogP contribution in [0.5, 0.6) is 5.75 Å². The van der Waals surface area contributed by atoms with Gasteiger partial charge in [0.1, 0.15) is 5.75 Å². The van der Waals surface area contributed by atoms with Crippen LogP contribution in [0.2, 0.25) is 5.02 Å². The van der Waals surface area contributed by atoms with Crippen LogP contribution in [0, 0.1) is 0 Å². The Morgan fingerprint density at radius 1 is 1.11 bits per heavy atom. The van der Waals surface area contributed by atoms with E-state index < -0.39 is 0 Å². The van der Waals surface area contributed by atoms with Crippen LogP contribution in [-0.4, -0.2) is 28.6 Å². The van der Waals surface area contributed by atoms with Crippen molar-refractivity contribution in [2.75, 3.05) is 7.11 Å². The summed E-state index contributed by atoms with van der Waals surface area (Å²) in [6.45, 7) is 0. The van der Waals surface area contributed by atoms with Crippen LogP contribution < -0.4 is 15.6 Å². The summed E-state index contributed by atoms with van der Waals surface area (Å²) in [4.78, 5) is 31.4. The summed E-state index contributed by atoms with van der Waals surface area (Å²) in [5.74, 6) is 1.15. The molecule has 1 fully saturated rings. The van der Waals surface area contributed by atoms with Gasteiger partial charge in [-0.1, -0.05) is 48.3 Å². The number of hydrogen-bond acceptors (Lipinski definition) is 5. The highest BCUT2D eigenvalue weighted by molar-refractivity contribution is 7.98. The fraction of sp³-hybridized carbons (Fsp3) is 0.250. The second kappa shape index (κ2) is 10.8. The van der Waals surface area contributed by atoms with Gasteiger partial charge in [-0.3, -0.25) is 14.2 Å². The minimum Gasteiger partial charge on any atom is -0.497 e. The van der Waals surface area contributed by atoms with Gasteiger partial charge in [-0.25, -0.2) is 4.98 Å². The normalized spacial score (nSPS) is 13.7. The summed E-state index contributed by atoms with van der Waals surface area (Å²) in [6.07, 6.45) is 4.30. The standard InChI is InChI=1S/C28H26ClN3O3S/c1-35-23-12-10-22(11-13-23)32-27(34)24-14-9-19(26(33)30-21-7-2-3-8-21)16-25(24)31-28(32)36-17-18-5-4-6-20(29)15-18/h4-6,9-16,21H,2-3,7-8,17H2,1H3,(H,30,33). The third-order valence-electron chi connectivity index (χ3n) is 6.38. The minimum atomic E-state index is -0.193. The Labute approximate surface area is 218 Å². The second-order valence-electron chi connectivity index (χ2n) is 8.84. The predicted molar refractivity (Wildman–Crippen MR) is 145 cm³/mol. The Balaban J connectivity index is 1.55. The Morgan fingerprint density at radius 3 is 2.61 bits per heavy atom. The number of carbonyl (C=O) groups excluding carboxylic acids is 1. The molecule has 184 valence electrons. The van der Waals surface area contributed by atoms with Gasteiger partial charge in [0.05, 0.1) is 23.7 Å². The van der Waals surface area contributed by atoms with Crippen molar-refractivity contribution in [3.63, 3.8) is 0 Å². The monoisotopic (exact) mass is 519 g/mol. The van der Waals surface area contributed by atoms with Crippen molar-refractivity contribution >= 4 is 40.2 Å². The van der Waals surface area contributed by atoms with E-state index in [4.69, 9.17) is 21.3 Å². The van der Waals surface area contributed by atoms with E-state index in [1.54, 1.807) is 29.9 Å². The fourth-order valence-electron chi connectivity index (χ4n) is 4.48. The van der Waals surface area contributed by atoms with Crippen LogP contribution in [0.4, 0.5) is 0 Å². The largest absolute Gasteiger partial charge is 0.497 e. The Hall–Kier alpha value is -3.29. The van der Waals surface area contributed by atoms with Gasteiger partial charge in [0.2, 0.25) is 0 Å². The number of amides is 1. The molecule has 1 amide bonds. The molecule has 0 unspecified atom stereocenters. The van der Waals surface area contributed by atoms with E-state index in [9.17, 15) is 9.59 Å². The highest BCUT2D eigenvalue weighted by Crippen LogP contribution is 2.27. The molecule has 5 rings (SSSR count). The number of nitrogens with zero attached hydrogens (tertiary/aromatic N) is 2. The molecule has 1 saturated carbocycles. The number of halogens is 1. The number of carbonyl (C=O) groups is 1. The molecule has 0 radical (unpaired) electrons. The van der Waals surface area contributed by atoms with Crippen LogP contribution in [0.25, 0.3) is 16.6 Å². The maximum atomic E-state index is 13.7. The van der Waals surface area contributed by atoms with E-state index in [0.717, 1.165) is 31.2 Å². The first-order chi connectivity index (χ1) is 17.5. The van der Waals surface area contributed by atoms with Gasteiger partial charge in [-0.15, -0.1) is 0 Å². The molecule has 0 bridgehead atoms. The Morgan fingerprint density at radius 2 is 1.89 bits per heavy atom. The molecule has 8 heteroatoms. The molecule has 1 aliphatic carbocycles. The van der Waals surface area contributed by atoms with Gasteiger partial charge in [0.15, 0.2) is 5.16 Å². The number of rotatable bonds is 7. The van der Waals surface area contributed by atoms with Crippen LogP contribution >= 0.6 is 23.4 Å². The zero-order chi connectivity index (χ0) is 25.1. The molecular formula is C28H26ClN3O3S. The van der Waals surface area contributed by atoms with Crippen LogP contribution in [0.1, 0.15) is 41.6 Å². The highest BCUT2D eigenvalue weighted by Gasteiger charge is 2.20. The van der Waals surface area contributed by atoms with Crippen molar-refractivity contribution in [2.45, 2.75) is 42.6 Å². The van der Waals surface area contributed by atoms with Crippen molar-refractivity contribution < 1.29 is 9.53 Å². The lowest BCUT2D eigenvalue weighted by Gasteiger charge is -2.15. The molecule has 36 heavy (non-hydrogen) atoms. The average molecular weight is 520 g/mol. The Bertz CT molecular complexity index is 1460. The quantitative estimate of drug-likeness (QED) is 0.239. The summed E-state index contributed by atoms with van der Waals surface area (Å²) in [6, 6.07) is 20.2. The third-order valence-corrected chi connectivity index (χ3v) is 7.62.